The molecule has 40 heavy (non-hydrogen) atoms. The summed E-state index contributed by atoms with van der Waals surface area (Å²) < 4.78 is 33.7. The molecule has 2 saturated heterocycles. The Morgan fingerprint density at radius 1 is 0.850 bits per heavy atom. The van der Waals surface area contributed by atoms with E-state index in [1.54, 1.807) is 26.0 Å². The maximum atomic E-state index is 11.6. The van der Waals surface area contributed by atoms with Crippen LogP contribution in [0.5, 0.6) is 5.75 Å². The van der Waals surface area contributed by atoms with Gasteiger partial charge in [-0.15, -0.1) is 0 Å². The number of hydrogen-bond acceptors (Lipinski definition) is 14. The molecule has 0 saturated carbocycles. The lowest BCUT2D eigenvalue weighted by Crippen LogP contribution is -2.62. The summed E-state index contributed by atoms with van der Waals surface area (Å²) in [6, 6.07) is 5.94. The second kappa shape index (κ2) is 10.9. The van der Waals surface area contributed by atoms with Crippen molar-refractivity contribution in [2.45, 2.75) is 100.0 Å². The van der Waals surface area contributed by atoms with Crippen LogP contribution in [0.4, 0.5) is 0 Å². The van der Waals surface area contributed by atoms with Crippen molar-refractivity contribution in [3.05, 3.63) is 40.2 Å². The number of aliphatic hydroxyl groups excluding tert-OH is 7. The van der Waals surface area contributed by atoms with Crippen LogP contribution < -0.4 is 10.4 Å². The van der Waals surface area contributed by atoms with E-state index in [1.807, 2.05) is 0 Å². The Morgan fingerprint density at radius 2 is 1.52 bits per heavy atom. The molecule has 3 aliphatic rings. The van der Waals surface area contributed by atoms with E-state index in [4.69, 9.17) is 28.1 Å². The number of rotatable bonds is 6. The Hall–Kier alpha value is -2.21. The molecule has 222 valence electrons. The van der Waals surface area contributed by atoms with Crippen molar-refractivity contribution in [3.8, 4) is 5.75 Å². The number of hydrogen-bond donors (Lipinski definition) is 7. The smallest absolute Gasteiger partial charge is 0.336 e. The van der Waals surface area contributed by atoms with Crippen LogP contribution in [0.25, 0.3) is 11.0 Å². The molecular weight excluding hydrogens is 536 g/mol. The highest BCUT2D eigenvalue weighted by atomic mass is 16.7. The average Bonchev–Trinajstić information content (AvgIpc) is 3.24. The van der Waals surface area contributed by atoms with Crippen LogP contribution in [-0.4, -0.2) is 115 Å². The third-order valence-corrected chi connectivity index (χ3v) is 7.62. The minimum Gasteiger partial charge on any atom is -0.484 e. The highest BCUT2D eigenvalue weighted by molar-refractivity contribution is 5.80. The van der Waals surface area contributed by atoms with Crippen LogP contribution in [0, 0.1) is 0 Å². The van der Waals surface area contributed by atoms with Crippen molar-refractivity contribution in [2.75, 3.05) is 6.61 Å². The Kier molecular flexibility index (Phi) is 7.97. The zero-order chi connectivity index (χ0) is 29.1. The summed E-state index contributed by atoms with van der Waals surface area (Å²) in [5, 5.41) is 73.3. The molecule has 4 heterocycles. The van der Waals surface area contributed by atoms with E-state index in [9.17, 15) is 40.5 Å². The first-order chi connectivity index (χ1) is 18.8. The number of aliphatic hydroxyl groups is 7. The lowest BCUT2D eigenvalue weighted by molar-refractivity contribution is -0.346. The van der Waals surface area contributed by atoms with Crippen molar-refractivity contribution in [1.82, 2.24) is 0 Å². The summed E-state index contributed by atoms with van der Waals surface area (Å²) in [4.78, 5) is 11.6. The first-order valence-electron chi connectivity index (χ1n) is 12.9. The van der Waals surface area contributed by atoms with Crippen molar-refractivity contribution in [3.63, 3.8) is 0 Å². The lowest BCUT2D eigenvalue weighted by Gasteiger charge is -2.45. The molecule has 0 radical (unpaired) electrons. The first kappa shape index (κ1) is 29.3. The molecule has 0 spiro atoms. The summed E-state index contributed by atoms with van der Waals surface area (Å²) in [6.45, 7) is 4.18. The second-order valence-electron chi connectivity index (χ2n) is 10.9. The lowest BCUT2D eigenvalue weighted by atomic mass is 9.93. The SMILES string of the molecule is C[C@@H]1O[C@H](OC[C@H]2O[C@@H](OC(C)(C)[C@H]3Oc4cc5oc(=O)ccc5cc4[C@H]3O)[C@H](O)[C@@H](O)[C@@H]2O)[C@H](O)[C@H](O)[C@H]1O. The predicted octanol–water partition coefficient (Wildman–Crippen LogP) is -1.97. The molecule has 0 unspecified atom stereocenters. The van der Waals surface area contributed by atoms with Crippen LogP contribution in [0.2, 0.25) is 0 Å². The Bertz CT molecular complexity index is 1260. The van der Waals surface area contributed by atoms with Gasteiger partial charge in [0, 0.05) is 23.1 Å². The van der Waals surface area contributed by atoms with Crippen LogP contribution >= 0.6 is 0 Å². The van der Waals surface area contributed by atoms with Gasteiger partial charge in [0.15, 0.2) is 18.7 Å². The highest BCUT2D eigenvalue weighted by Crippen LogP contribution is 2.44. The molecule has 0 amide bonds. The van der Waals surface area contributed by atoms with E-state index >= 15 is 0 Å². The third kappa shape index (κ3) is 5.26. The average molecular weight is 571 g/mol. The van der Waals surface area contributed by atoms with E-state index < -0.39 is 91.5 Å². The zero-order valence-electron chi connectivity index (χ0n) is 21.9. The van der Waals surface area contributed by atoms with Gasteiger partial charge in [-0.2, -0.15) is 0 Å². The predicted molar refractivity (Wildman–Crippen MR) is 132 cm³/mol. The monoisotopic (exact) mass is 570 g/mol. The van der Waals surface area contributed by atoms with E-state index in [0.29, 0.717) is 10.9 Å². The number of benzene rings is 1. The summed E-state index contributed by atoms with van der Waals surface area (Å²) >= 11 is 0. The van der Waals surface area contributed by atoms with E-state index in [1.165, 1.54) is 19.1 Å². The van der Waals surface area contributed by atoms with Crippen LogP contribution in [-0.2, 0) is 18.9 Å². The Balaban J connectivity index is 1.28. The number of ether oxygens (including phenoxy) is 5. The molecule has 1 aromatic heterocycles. The second-order valence-corrected chi connectivity index (χ2v) is 10.9. The van der Waals surface area contributed by atoms with E-state index in [2.05, 4.69) is 0 Å². The van der Waals surface area contributed by atoms with Crippen LogP contribution in [0.3, 0.4) is 0 Å². The van der Waals surface area contributed by atoms with Gasteiger partial charge in [0.1, 0.15) is 65.8 Å². The van der Waals surface area contributed by atoms with Crippen LogP contribution in [0.1, 0.15) is 32.4 Å². The van der Waals surface area contributed by atoms with Crippen molar-refractivity contribution < 1.29 is 63.8 Å². The standard InChI is InChI=1S/C26H34O14/c1-9-16(28)19(31)21(33)24(36-9)35-8-14-18(30)20(32)22(34)25(39-14)40-26(2,3)23-17(29)11-6-10-4-5-15(27)37-12(10)7-13(11)38-23/h4-7,9,14,16-25,28-34H,8H2,1-3H3/t9-,14+,16-,17+,18+,19+,20-,21+,22+,23-,24-,25-/m0/s1. The van der Waals surface area contributed by atoms with Gasteiger partial charge in [-0.05, 0) is 32.9 Å². The minimum absolute atomic E-state index is 0.271. The van der Waals surface area contributed by atoms with Gasteiger partial charge in [-0.3, -0.25) is 0 Å². The van der Waals surface area contributed by atoms with E-state index in [-0.39, 0.29) is 11.3 Å². The molecule has 14 heteroatoms. The molecule has 12 atom stereocenters. The van der Waals surface area contributed by atoms with Gasteiger partial charge >= 0.3 is 5.63 Å². The topological polar surface area (TPSA) is 218 Å². The fraction of sp³-hybridized carbons (Fsp3) is 0.654. The largest absolute Gasteiger partial charge is 0.484 e. The maximum Gasteiger partial charge on any atom is 0.336 e. The van der Waals surface area contributed by atoms with Gasteiger partial charge in [0.25, 0.3) is 0 Å². The quantitative estimate of drug-likeness (QED) is 0.188. The van der Waals surface area contributed by atoms with Crippen molar-refractivity contribution in [1.29, 1.82) is 0 Å². The Morgan fingerprint density at radius 3 is 2.25 bits per heavy atom. The molecule has 3 aliphatic heterocycles. The molecule has 0 bridgehead atoms. The van der Waals surface area contributed by atoms with Gasteiger partial charge in [0.2, 0.25) is 0 Å². The van der Waals surface area contributed by atoms with Gasteiger partial charge < -0.3 is 63.8 Å². The molecule has 2 fully saturated rings. The molecule has 7 N–H and O–H groups in total. The third-order valence-electron chi connectivity index (χ3n) is 7.62. The number of fused-ring (bicyclic) bond motifs is 2. The molecule has 2 aromatic rings. The Labute approximate surface area is 227 Å². The van der Waals surface area contributed by atoms with Crippen LogP contribution in [0.15, 0.2) is 33.5 Å². The summed E-state index contributed by atoms with van der Waals surface area (Å²) in [6.07, 6.45) is -16.7. The van der Waals surface area contributed by atoms with Gasteiger partial charge in [0.05, 0.1) is 12.7 Å². The molecular formula is C26H34O14. The van der Waals surface area contributed by atoms with Gasteiger partial charge in [-0.25, -0.2) is 4.79 Å². The normalized spacial score (nSPS) is 40.1. The molecule has 5 rings (SSSR count). The van der Waals surface area contributed by atoms with Gasteiger partial charge in [-0.1, -0.05) is 0 Å². The molecule has 0 aliphatic carbocycles. The van der Waals surface area contributed by atoms with Crippen molar-refractivity contribution >= 4 is 11.0 Å². The zero-order valence-corrected chi connectivity index (χ0v) is 21.9. The van der Waals surface area contributed by atoms with E-state index in [0.717, 1.165) is 0 Å². The summed E-state index contributed by atoms with van der Waals surface area (Å²) in [5.41, 5.74) is -1.18. The van der Waals surface area contributed by atoms with Crippen molar-refractivity contribution in [2.24, 2.45) is 0 Å². The summed E-state index contributed by atoms with van der Waals surface area (Å²) in [5.74, 6) is 0.274. The highest BCUT2D eigenvalue weighted by Gasteiger charge is 2.51. The fourth-order valence-electron chi connectivity index (χ4n) is 5.19. The molecule has 1 aromatic carbocycles. The fourth-order valence-corrected chi connectivity index (χ4v) is 5.19. The maximum absolute atomic E-state index is 11.6. The molecule has 14 nitrogen and oxygen atoms in total. The summed E-state index contributed by atoms with van der Waals surface area (Å²) in [7, 11) is 0. The minimum atomic E-state index is -1.72. The first-order valence-corrected chi connectivity index (χ1v) is 12.9.